The number of benzene rings is 1. The molecule has 1 aliphatic carbocycles. The first-order valence-corrected chi connectivity index (χ1v) is 7.92. The van der Waals surface area contributed by atoms with Crippen LogP contribution in [0.5, 0.6) is 0 Å². The maximum Gasteiger partial charge on any atom is 0.311 e. The van der Waals surface area contributed by atoms with E-state index in [0.717, 1.165) is 4.90 Å². The molecule has 0 aromatic heterocycles. The third-order valence-electron chi connectivity index (χ3n) is 4.07. The van der Waals surface area contributed by atoms with Crippen LogP contribution in [0.4, 0.5) is 5.69 Å². The van der Waals surface area contributed by atoms with Gasteiger partial charge in [-0.1, -0.05) is 0 Å². The average molecular weight is 320 g/mol. The zero-order valence-electron chi connectivity index (χ0n) is 12.0. The Bertz CT molecular complexity index is 670. The Balaban J connectivity index is 1.70. The highest BCUT2D eigenvalue weighted by Crippen LogP contribution is 2.45. The third kappa shape index (κ3) is 2.68. The number of nitrogens with one attached hydrogen (secondary N) is 2. The number of carbonyl (C=O) groups excluding carboxylic acids is 2. The summed E-state index contributed by atoms with van der Waals surface area (Å²) in [6.07, 6.45) is 1.19. The molecule has 1 saturated carbocycles. The maximum atomic E-state index is 12.1. The molecule has 1 fully saturated rings. The van der Waals surface area contributed by atoms with Crippen molar-refractivity contribution in [2.75, 3.05) is 11.9 Å². The summed E-state index contributed by atoms with van der Waals surface area (Å²) in [7, 11) is 0. The second-order valence-corrected chi connectivity index (χ2v) is 7.11. The zero-order valence-corrected chi connectivity index (χ0v) is 12.8. The van der Waals surface area contributed by atoms with Crippen LogP contribution in [0.3, 0.4) is 0 Å². The van der Waals surface area contributed by atoms with Gasteiger partial charge in [-0.3, -0.25) is 14.4 Å². The van der Waals surface area contributed by atoms with Crippen LogP contribution in [0.2, 0.25) is 0 Å². The molecular formula is C15H16N2O4S. The van der Waals surface area contributed by atoms with Gasteiger partial charge in [0.25, 0.3) is 5.91 Å². The molecule has 0 spiro atoms. The quantitative estimate of drug-likeness (QED) is 0.785. The number of hydrogen-bond acceptors (Lipinski definition) is 4. The van der Waals surface area contributed by atoms with E-state index in [9.17, 15) is 14.4 Å². The largest absolute Gasteiger partial charge is 0.481 e. The molecule has 6 nitrogen and oxygen atoms in total. The standard InChI is InChI=1S/C15H16N2O4S/c1-8-12(18)17-10-6-9(2-3-11(10)22-8)13(19)16-7-15(4-5-15)14(20)21/h2-3,6,8H,4-5,7H2,1H3,(H,16,19)(H,17,18)(H,20,21). The molecule has 22 heavy (non-hydrogen) atoms. The Hall–Kier alpha value is -2.02. The summed E-state index contributed by atoms with van der Waals surface area (Å²) >= 11 is 1.45. The number of amides is 2. The van der Waals surface area contributed by atoms with Gasteiger partial charge in [0.05, 0.1) is 16.4 Å². The van der Waals surface area contributed by atoms with Crippen LogP contribution in [0.25, 0.3) is 0 Å². The van der Waals surface area contributed by atoms with E-state index in [1.165, 1.54) is 11.8 Å². The lowest BCUT2D eigenvalue weighted by atomic mass is 10.1. The lowest BCUT2D eigenvalue weighted by Crippen LogP contribution is -2.34. The highest BCUT2D eigenvalue weighted by molar-refractivity contribution is 8.00. The summed E-state index contributed by atoms with van der Waals surface area (Å²) in [5.74, 6) is -1.28. The first-order valence-electron chi connectivity index (χ1n) is 7.04. The van der Waals surface area contributed by atoms with Crippen molar-refractivity contribution in [3.63, 3.8) is 0 Å². The zero-order chi connectivity index (χ0) is 15.9. The second-order valence-electron chi connectivity index (χ2n) is 5.73. The monoisotopic (exact) mass is 320 g/mol. The number of carbonyl (C=O) groups is 3. The SMILES string of the molecule is CC1Sc2ccc(C(=O)NCC3(C(=O)O)CC3)cc2NC1=O. The molecular weight excluding hydrogens is 304 g/mol. The van der Waals surface area contributed by atoms with Gasteiger partial charge < -0.3 is 15.7 Å². The smallest absolute Gasteiger partial charge is 0.311 e. The van der Waals surface area contributed by atoms with Gasteiger partial charge in [0, 0.05) is 17.0 Å². The number of anilines is 1. The molecule has 3 rings (SSSR count). The van der Waals surface area contributed by atoms with Crippen LogP contribution in [0.1, 0.15) is 30.1 Å². The highest BCUT2D eigenvalue weighted by atomic mass is 32.2. The van der Waals surface area contributed by atoms with E-state index in [-0.39, 0.29) is 23.6 Å². The first-order chi connectivity index (χ1) is 10.4. The number of thioether (sulfide) groups is 1. The van der Waals surface area contributed by atoms with E-state index in [4.69, 9.17) is 5.11 Å². The first kappa shape index (κ1) is 14.9. The molecule has 7 heteroatoms. The van der Waals surface area contributed by atoms with Crippen molar-refractivity contribution < 1.29 is 19.5 Å². The Morgan fingerprint density at radius 2 is 2.18 bits per heavy atom. The van der Waals surface area contributed by atoms with Crippen LogP contribution < -0.4 is 10.6 Å². The summed E-state index contributed by atoms with van der Waals surface area (Å²) in [6.45, 7) is 1.96. The molecule has 0 bridgehead atoms. The predicted molar refractivity (Wildman–Crippen MR) is 82.0 cm³/mol. The van der Waals surface area contributed by atoms with Crippen molar-refractivity contribution in [3.05, 3.63) is 23.8 Å². The lowest BCUT2D eigenvalue weighted by molar-refractivity contribution is -0.143. The molecule has 2 aliphatic rings. The van der Waals surface area contributed by atoms with Crippen molar-refractivity contribution in [1.82, 2.24) is 5.32 Å². The van der Waals surface area contributed by atoms with E-state index in [2.05, 4.69) is 10.6 Å². The number of carboxylic acids is 1. The van der Waals surface area contributed by atoms with Crippen LogP contribution in [-0.4, -0.2) is 34.7 Å². The molecule has 1 aliphatic heterocycles. The molecule has 0 saturated heterocycles. The van der Waals surface area contributed by atoms with Gasteiger partial charge in [0.2, 0.25) is 5.91 Å². The van der Waals surface area contributed by atoms with Crippen molar-refractivity contribution in [3.8, 4) is 0 Å². The van der Waals surface area contributed by atoms with E-state index in [0.29, 0.717) is 24.1 Å². The summed E-state index contributed by atoms with van der Waals surface area (Å²) < 4.78 is 0. The lowest BCUT2D eigenvalue weighted by Gasteiger charge is -2.21. The molecule has 1 atom stereocenters. The normalized spacial score (nSPS) is 21.5. The van der Waals surface area contributed by atoms with E-state index < -0.39 is 11.4 Å². The van der Waals surface area contributed by atoms with Gasteiger partial charge >= 0.3 is 5.97 Å². The molecule has 1 heterocycles. The molecule has 1 aromatic rings. The fraction of sp³-hybridized carbons (Fsp3) is 0.400. The third-order valence-corrected chi connectivity index (χ3v) is 5.24. The Kier molecular flexibility index (Phi) is 3.60. The molecule has 2 amide bonds. The Morgan fingerprint density at radius 3 is 2.82 bits per heavy atom. The van der Waals surface area contributed by atoms with Gasteiger partial charge in [0.1, 0.15) is 0 Å². The van der Waals surface area contributed by atoms with Crippen molar-refractivity contribution in [1.29, 1.82) is 0 Å². The number of fused-ring (bicyclic) bond motifs is 1. The topological polar surface area (TPSA) is 95.5 Å². The van der Waals surface area contributed by atoms with Gasteiger partial charge in [-0.15, -0.1) is 11.8 Å². The van der Waals surface area contributed by atoms with E-state index in [1.807, 2.05) is 6.92 Å². The Morgan fingerprint density at radius 1 is 1.45 bits per heavy atom. The van der Waals surface area contributed by atoms with Gasteiger partial charge in [-0.2, -0.15) is 0 Å². The summed E-state index contributed by atoms with van der Waals surface area (Å²) in [5.41, 5.74) is 0.249. The van der Waals surface area contributed by atoms with Crippen LogP contribution in [0.15, 0.2) is 23.1 Å². The summed E-state index contributed by atoms with van der Waals surface area (Å²) in [5, 5.41) is 14.4. The van der Waals surface area contributed by atoms with Gasteiger partial charge in [-0.05, 0) is 38.0 Å². The average Bonchev–Trinajstić information content (AvgIpc) is 3.27. The Labute approximate surface area is 131 Å². The number of rotatable bonds is 4. The van der Waals surface area contributed by atoms with Crippen LogP contribution in [-0.2, 0) is 9.59 Å². The van der Waals surface area contributed by atoms with Gasteiger partial charge in [0.15, 0.2) is 0 Å². The number of hydrogen-bond donors (Lipinski definition) is 3. The molecule has 0 radical (unpaired) electrons. The predicted octanol–water partition coefficient (Wildman–Crippen LogP) is 1.71. The molecule has 1 unspecified atom stereocenters. The highest BCUT2D eigenvalue weighted by Gasteiger charge is 2.50. The summed E-state index contributed by atoms with van der Waals surface area (Å²) in [4.78, 5) is 35.8. The van der Waals surface area contributed by atoms with Crippen LogP contribution >= 0.6 is 11.8 Å². The van der Waals surface area contributed by atoms with E-state index >= 15 is 0 Å². The minimum absolute atomic E-state index is 0.0853. The summed E-state index contributed by atoms with van der Waals surface area (Å²) in [6, 6.07) is 5.11. The maximum absolute atomic E-state index is 12.1. The van der Waals surface area contributed by atoms with E-state index in [1.54, 1.807) is 18.2 Å². The van der Waals surface area contributed by atoms with Crippen LogP contribution in [0, 0.1) is 5.41 Å². The van der Waals surface area contributed by atoms with Crippen molar-refractivity contribution in [2.45, 2.75) is 29.9 Å². The molecule has 3 N–H and O–H groups in total. The number of aliphatic carboxylic acids is 1. The molecule has 1 aromatic carbocycles. The fourth-order valence-electron chi connectivity index (χ4n) is 2.32. The molecule has 116 valence electrons. The van der Waals surface area contributed by atoms with Gasteiger partial charge in [-0.25, -0.2) is 0 Å². The minimum atomic E-state index is -0.865. The number of carboxylic acid groups (broad SMARTS) is 1. The van der Waals surface area contributed by atoms with Crippen molar-refractivity contribution >= 4 is 35.2 Å². The second kappa shape index (κ2) is 5.31. The van der Waals surface area contributed by atoms with Crippen molar-refractivity contribution in [2.24, 2.45) is 5.41 Å². The fourth-order valence-corrected chi connectivity index (χ4v) is 3.25. The minimum Gasteiger partial charge on any atom is -0.481 e.